The van der Waals surface area contributed by atoms with Crippen LogP contribution in [0.4, 0.5) is 0 Å². The summed E-state index contributed by atoms with van der Waals surface area (Å²) in [5, 5.41) is 34.2. The topological polar surface area (TPSA) is 235 Å². The van der Waals surface area contributed by atoms with Crippen molar-refractivity contribution >= 4 is 36.1 Å². The number of carboxylic acid groups (broad SMARTS) is 3. The number of nitrogens with one attached hydrogen (secondary N) is 2. The number of aldehydes is 1. The zero-order chi connectivity index (χ0) is 37.4. The second-order valence-corrected chi connectivity index (χ2v) is 12.6. The number of esters is 1. The Morgan fingerprint density at radius 2 is 1.25 bits per heavy atom. The maximum atomic E-state index is 12.4. The SMILES string of the molecule is N[C@H](CCCCNC(C=O)N1CCN(CC(=O)O)CCN(CC(=O)O)CCN(CC(=O)O)CC1)C(=O)NCCCCC(=O)OCc1ccccc1. The predicted molar refractivity (Wildman–Crippen MR) is 187 cm³/mol. The molecule has 1 aliphatic heterocycles. The van der Waals surface area contributed by atoms with Crippen LogP contribution >= 0.6 is 0 Å². The molecule has 1 aromatic carbocycles. The number of ether oxygens (including phenoxy) is 1. The number of hydrogen-bond donors (Lipinski definition) is 6. The lowest BCUT2D eigenvalue weighted by atomic mass is 10.1. The van der Waals surface area contributed by atoms with Gasteiger partial charge in [-0.1, -0.05) is 36.8 Å². The molecule has 1 unspecified atom stereocenters. The maximum Gasteiger partial charge on any atom is 0.317 e. The molecule has 1 saturated heterocycles. The normalized spacial score (nSPS) is 17.0. The van der Waals surface area contributed by atoms with Crippen LogP contribution in [-0.2, 0) is 40.1 Å². The lowest BCUT2D eigenvalue weighted by molar-refractivity contribution is -0.145. The van der Waals surface area contributed by atoms with Gasteiger partial charge in [-0.25, -0.2) is 0 Å². The average molecular weight is 722 g/mol. The summed E-state index contributed by atoms with van der Waals surface area (Å²) in [7, 11) is 0. The number of carbonyl (C=O) groups is 6. The summed E-state index contributed by atoms with van der Waals surface area (Å²) >= 11 is 0. The summed E-state index contributed by atoms with van der Waals surface area (Å²) < 4.78 is 5.26. The predicted octanol–water partition coefficient (Wildman–Crippen LogP) is -0.896. The Balaban J connectivity index is 1.78. The zero-order valence-corrected chi connectivity index (χ0v) is 29.3. The molecule has 17 nitrogen and oxygen atoms in total. The molecule has 0 aromatic heterocycles. The molecule has 51 heavy (non-hydrogen) atoms. The van der Waals surface area contributed by atoms with Crippen molar-refractivity contribution in [2.45, 2.75) is 57.3 Å². The molecule has 1 aromatic rings. The van der Waals surface area contributed by atoms with Crippen molar-refractivity contribution in [3.05, 3.63) is 35.9 Å². The van der Waals surface area contributed by atoms with Crippen LogP contribution in [0, 0.1) is 0 Å². The number of hydrogen-bond acceptors (Lipinski definition) is 13. The summed E-state index contributed by atoms with van der Waals surface area (Å²) in [4.78, 5) is 77.9. The van der Waals surface area contributed by atoms with E-state index >= 15 is 0 Å². The van der Waals surface area contributed by atoms with Crippen LogP contribution in [0.1, 0.15) is 44.1 Å². The number of carbonyl (C=O) groups excluding carboxylic acids is 3. The number of rotatable bonds is 22. The molecule has 1 fully saturated rings. The molecule has 7 N–H and O–H groups in total. The van der Waals surface area contributed by atoms with Gasteiger partial charge >= 0.3 is 23.9 Å². The highest BCUT2D eigenvalue weighted by atomic mass is 16.5. The summed E-state index contributed by atoms with van der Waals surface area (Å²) in [6, 6.07) is 8.71. The van der Waals surface area contributed by atoms with Gasteiger partial charge in [-0.3, -0.25) is 48.9 Å². The minimum absolute atomic E-state index is 0.230. The highest BCUT2D eigenvalue weighted by Gasteiger charge is 2.23. The molecule has 1 heterocycles. The van der Waals surface area contributed by atoms with Gasteiger partial charge in [0.2, 0.25) is 5.91 Å². The summed E-state index contributed by atoms with van der Waals surface area (Å²) in [5.41, 5.74) is 6.99. The quantitative estimate of drug-likeness (QED) is 0.0484. The van der Waals surface area contributed by atoms with Gasteiger partial charge in [-0.15, -0.1) is 0 Å². The second kappa shape index (κ2) is 25.0. The molecule has 0 bridgehead atoms. The van der Waals surface area contributed by atoms with Crippen LogP contribution in [0.15, 0.2) is 30.3 Å². The monoisotopic (exact) mass is 721 g/mol. The highest BCUT2D eigenvalue weighted by Crippen LogP contribution is 2.06. The fourth-order valence-electron chi connectivity index (χ4n) is 5.56. The third kappa shape index (κ3) is 19.8. The van der Waals surface area contributed by atoms with Gasteiger partial charge in [0.25, 0.3) is 0 Å². The number of benzene rings is 1. The van der Waals surface area contributed by atoms with E-state index in [9.17, 15) is 44.1 Å². The van der Waals surface area contributed by atoms with Crippen LogP contribution in [-0.4, -0.2) is 168 Å². The van der Waals surface area contributed by atoms with Crippen molar-refractivity contribution in [3.63, 3.8) is 0 Å². The Labute approximate surface area is 299 Å². The Morgan fingerprint density at radius 1 is 0.745 bits per heavy atom. The van der Waals surface area contributed by atoms with Gasteiger partial charge in [0, 0.05) is 65.3 Å². The number of aliphatic carboxylic acids is 3. The first-order valence-corrected chi connectivity index (χ1v) is 17.4. The Morgan fingerprint density at radius 3 is 1.76 bits per heavy atom. The van der Waals surface area contributed by atoms with E-state index in [1.165, 1.54) is 0 Å². The molecule has 2 atom stereocenters. The standard InChI is InChI=1S/C34H55N7O10/c35-28(34(50)37-13-7-5-11-33(49)51-26-27-8-2-1-3-9-27)10-4-6-12-36-29(25-42)41-20-18-39(23-31(45)46)16-14-38(22-30(43)44)15-17-40(19-21-41)24-32(47)48/h1-3,8-9,25,28-29,36H,4-7,10-24,26,35H2,(H,37,50)(H,43,44)(H,45,46)(H,47,48)/t28-,29?/m1/s1. The van der Waals surface area contributed by atoms with Crippen LogP contribution in [0.3, 0.4) is 0 Å². The van der Waals surface area contributed by atoms with Crippen molar-refractivity contribution < 1.29 is 48.8 Å². The molecule has 0 spiro atoms. The first kappa shape index (κ1) is 43.2. The number of carboxylic acids is 3. The first-order valence-electron chi connectivity index (χ1n) is 17.4. The third-order valence-electron chi connectivity index (χ3n) is 8.45. The van der Waals surface area contributed by atoms with E-state index in [-0.39, 0.29) is 70.7 Å². The van der Waals surface area contributed by atoms with E-state index in [1.54, 1.807) is 14.7 Å². The Kier molecular flexibility index (Phi) is 21.2. The molecular weight excluding hydrogens is 666 g/mol. The van der Waals surface area contributed by atoms with Crippen molar-refractivity contribution in [1.82, 2.24) is 30.2 Å². The molecular formula is C34H55N7O10. The number of unbranched alkanes of at least 4 members (excludes halogenated alkanes) is 2. The average Bonchev–Trinajstić information content (AvgIpc) is 3.08. The van der Waals surface area contributed by atoms with Gasteiger partial charge in [0.05, 0.1) is 25.7 Å². The van der Waals surface area contributed by atoms with Crippen molar-refractivity contribution in [2.75, 3.05) is 85.1 Å². The van der Waals surface area contributed by atoms with E-state index in [0.717, 1.165) is 11.8 Å². The number of amides is 1. The third-order valence-corrected chi connectivity index (χ3v) is 8.45. The van der Waals surface area contributed by atoms with E-state index in [2.05, 4.69) is 10.6 Å². The van der Waals surface area contributed by atoms with Gasteiger partial charge in [-0.05, 0) is 37.8 Å². The molecule has 0 aliphatic carbocycles. The molecule has 1 amide bonds. The van der Waals surface area contributed by atoms with Crippen molar-refractivity contribution in [3.8, 4) is 0 Å². The van der Waals surface area contributed by atoms with Gasteiger partial charge < -0.3 is 35.9 Å². The highest BCUT2D eigenvalue weighted by molar-refractivity contribution is 5.81. The van der Waals surface area contributed by atoms with Crippen molar-refractivity contribution in [1.29, 1.82) is 0 Å². The first-order chi connectivity index (χ1) is 24.5. The molecule has 2 rings (SSSR count). The fraction of sp³-hybridized carbons (Fsp3) is 0.647. The lowest BCUT2D eigenvalue weighted by Crippen LogP contribution is -2.54. The Hall–Kier alpha value is -4.00. The van der Waals surface area contributed by atoms with Crippen LogP contribution in [0.25, 0.3) is 0 Å². The van der Waals surface area contributed by atoms with E-state index in [0.29, 0.717) is 71.4 Å². The number of nitrogens with two attached hydrogens (primary N) is 1. The minimum Gasteiger partial charge on any atom is -0.480 e. The molecule has 0 saturated carbocycles. The van der Waals surface area contributed by atoms with E-state index < -0.39 is 30.1 Å². The maximum absolute atomic E-state index is 12.4. The lowest BCUT2D eigenvalue weighted by Gasteiger charge is -2.35. The van der Waals surface area contributed by atoms with Crippen LogP contribution in [0.5, 0.6) is 0 Å². The molecule has 286 valence electrons. The Bertz CT molecular complexity index is 1190. The fourth-order valence-corrected chi connectivity index (χ4v) is 5.56. The minimum atomic E-state index is -1.03. The zero-order valence-electron chi connectivity index (χ0n) is 29.3. The summed E-state index contributed by atoms with van der Waals surface area (Å²) in [6.45, 7) is 2.63. The summed E-state index contributed by atoms with van der Waals surface area (Å²) in [5.74, 6) is -3.65. The van der Waals surface area contributed by atoms with Gasteiger partial charge in [0.1, 0.15) is 12.8 Å². The number of nitrogens with zero attached hydrogens (tertiary/aromatic N) is 4. The van der Waals surface area contributed by atoms with Crippen LogP contribution in [0.2, 0.25) is 0 Å². The molecule has 0 radical (unpaired) electrons. The van der Waals surface area contributed by atoms with Gasteiger partial charge in [-0.2, -0.15) is 0 Å². The van der Waals surface area contributed by atoms with Crippen molar-refractivity contribution in [2.24, 2.45) is 5.73 Å². The summed E-state index contributed by atoms with van der Waals surface area (Å²) in [6.07, 6.45) is 3.15. The van der Waals surface area contributed by atoms with E-state index in [4.69, 9.17) is 10.5 Å². The van der Waals surface area contributed by atoms with Crippen LogP contribution < -0.4 is 16.4 Å². The smallest absolute Gasteiger partial charge is 0.317 e. The molecule has 1 aliphatic rings. The largest absolute Gasteiger partial charge is 0.480 e. The second-order valence-electron chi connectivity index (χ2n) is 12.6. The van der Waals surface area contributed by atoms with E-state index in [1.807, 2.05) is 35.2 Å². The molecule has 17 heteroatoms. The van der Waals surface area contributed by atoms with Gasteiger partial charge in [0.15, 0.2) is 6.29 Å².